The normalized spacial score (nSPS) is 10.9. The van der Waals surface area contributed by atoms with Crippen molar-refractivity contribution in [1.82, 2.24) is 19.4 Å². The van der Waals surface area contributed by atoms with Gasteiger partial charge in [0.05, 0.1) is 11.9 Å². The zero-order valence-electron chi connectivity index (χ0n) is 9.00. The number of benzene rings is 1. The minimum absolute atomic E-state index is 0.165. The number of rotatable bonds is 1. The number of aromatic amines is 1. The molecule has 3 aromatic rings. The Balaban J connectivity index is 2.36. The molecule has 0 fully saturated rings. The lowest BCUT2D eigenvalue weighted by atomic mass is 10.3. The summed E-state index contributed by atoms with van der Waals surface area (Å²) in [5.41, 5.74) is -0.452. The standard InChI is InChI=1S/C11H7FN4O2/c12-7-1-3-8(4-2-7)15-11(18)16-9(5-6-13-16)10(17)14-15/h1-6H,(H,14,17). The van der Waals surface area contributed by atoms with Crippen LogP contribution >= 0.6 is 0 Å². The minimum atomic E-state index is -0.527. The van der Waals surface area contributed by atoms with E-state index in [4.69, 9.17) is 0 Å². The molecule has 0 bridgehead atoms. The summed E-state index contributed by atoms with van der Waals surface area (Å²) in [6.07, 6.45) is 1.36. The van der Waals surface area contributed by atoms with Gasteiger partial charge in [0.15, 0.2) is 0 Å². The first-order chi connectivity index (χ1) is 8.66. The summed E-state index contributed by atoms with van der Waals surface area (Å²) >= 11 is 0. The van der Waals surface area contributed by atoms with Crippen molar-refractivity contribution in [3.05, 3.63) is 63.2 Å². The molecule has 7 heteroatoms. The molecule has 3 rings (SSSR count). The van der Waals surface area contributed by atoms with E-state index in [1.54, 1.807) is 0 Å². The van der Waals surface area contributed by atoms with Crippen LogP contribution in [0.3, 0.4) is 0 Å². The van der Waals surface area contributed by atoms with Gasteiger partial charge in [0, 0.05) is 0 Å². The zero-order valence-corrected chi connectivity index (χ0v) is 9.00. The van der Waals surface area contributed by atoms with Crippen LogP contribution in [-0.4, -0.2) is 19.4 Å². The number of H-pyrrole nitrogens is 1. The first kappa shape index (κ1) is 10.5. The summed E-state index contributed by atoms with van der Waals surface area (Å²) in [5.74, 6) is -0.422. The van der Waals surface area contributed by atoms with Crippen molar-refractivity contribution in [2.45, 2.75) is 0 Å². The zero-order chi connectivity index (χ0) is 12.7. The third-order valence-corrected chi connectivity index (χ3v) is 2.55. The number of nitrogens with one attached hydrogen (secondary N) is 1. The fourth-order valence-electron chi connectivity index (χ4n) is 1.69. The van der Waals surface area contributed by atoms with Gasteiger partial charge in [-0.1, -0.05) is 0 Å². The fourth-order valence-corrected chi connectivity index (χ4v) is 1.69. The van der Waals surface area contributed by atoms with Crippen molar-refractivity contribution in [3.63, 3.8) is 0 Å². The average molecular weight is 246 g/mol. The number of halogens is 1. The molecule has 18 heavy (non-hydrogen) atoms. The van der Waals surface area contributed by atoms with Gasteiger partial charge in [-0.2, -0.15) is 9.61 Å². The Kier molecular flexibility index (Phi) is 2.12. The Labute approximate surface area is 98.9 Å². The lowest BCUT2D eigenvalue weighted by Crippen LogP contribution is -2.34. The van der Waals surface area contributed by atoms with Crippen LogP contribution in [0.2, 0.25) is 0 Å². The molecule has 0 atom stereocenters. The van der Waals surface area contributed by atoms with Crippen LogP contribution in [0.4, 0.5) is 4.39 Å². The first-order valence-corrected chi connectivity index (χ1v) is 5.12. The number of hydrogen-bond donors (Lipinski definition) is 1. The Morgan fingerprint density at radius 3 is 2.56 bits per heavy atom. The minimum Gasteiger partial charge on any atom is -0.266 e. The van der Waals surface area contributed by atoms with Crippen LogP contribution in [0.5, 0.6) is 0 Å². The quantitative estimate of drug-likeness (QED) is 0.671. The van der Waals surface area contributed by atoms with Gasteiger partial charge in [0.2, 0.25) is 0 Å². The molecular weight excluding hydrogens is 239 g/mol. The molecule has 1 aromatic carbocycles. The molecule has 0 aliphatic heterocycles. The summed E-state index contributed by atoms with van der Waals surface area (Å²) in [5, 5.41) is 6.18. The van der Waals surface area contributed by atoms with Crippen LogP contribution in [0, 0.1) is 5.82 Å². The van der Waals surface area contributed by atoms with Crippen molar-refractivity contribution < 1.29 is 4.39 Å². The molecule has 2 aromatic heterocycles. The van der Waals surface area contributed by atoms with E-state index < -0.39 is 17.1 Å². The van der Waals surface area contributed by atoms with Crippen LogP contribution < -0.4 is 11.2 Å². The van der Waals surface area contributed by atoms with Crippen molar-refractivity contribution in [3.8, 4) is 5.69 Å². The second-order valence-corrected chi connectivity index (χ2v) is 3.66. The van der Waals surface area contributed by atoms with Gasteiger partial charge < -0.3 is 0 Å². The van der Waals surface area contributed by atoms with Crippen LogP contribution in [0.25, 0.3) is 11.2 Å². The topological polar surface area (TPSA) is 72.2 Å². The molecule has 0 amide bonds. The highest BCUT2D eigenvalue weighted by Crippen LogP contribution is 2.04. The summed E-state index contributed by atoms with van der Waals surface area (Å²) in [7, 11) is 0. The molecule has 0 aliphatic rings. The van der Waals surface area contributed by atoms with Crippen molar-refractivity contribution >= 4 is 5.52 Å². The van der Waals surface area contributed by atoms with E-state index >= 15 is 0 Å². The molecule has 0 aliphatic carbocycles. The van der Waals surface area contributed by atoms with E-state index in [2.05, 4.69) is 10.2 Å². The van der Waals surface area contributed by atoms with Crippen molar-refractivity contribution in [2.24, 2.45) is 0 Å². The summed E-state index contributed by atoms with van der Waals surface area (Å²) in [4.78, 5) is 23.7. The van der Waals surface area contributed by atoms with Gasteiger partial charge in [0.25, 0.3) is 5.56 Å². The number of hydrogen-bond acceptors (Lipinski definition) is 3. The molecular formula is C11H7FN4O2. The van der Waals surface area contributed by atoms with Crippen molar-refractivity contribution in [1.29, 1.82) is 0 Å². The Morgan fingerprint density at radius 1 is 1.11 bits per heavy atom. The van der Waals surface area contributed by atoms with Crippen molar-refractivity contribution in [2.75, 3.05) is 0 Å². The molecule has 0 radical (unpaired) electrons. The number of aromatic nitrogens is 4. The van der Waals surface area contributed by atoms with Gasteiger partial charge in [-0.15, -0.1) is 0 Å². The highest BCUT2D eigenvalue weighted by atomic mass is 19.1. The molecule has 1 N–H and O–H groups in total. The molecule has 90 valence electrons. The second-order valence-electron chi connectivity index (χ2n) is 3.66. The highest BCUT2D eigenvalue weighted by Gasteiger charge is 2.08. The third kappa shape index (κ3) is 1.45. The van der Waals surface area contributed by atoms with Crippen LogP contribution in [0.15, 0.2) is 46.1 Å². The monoisotopic (exact) mass is 246 g/mol. The largest absolute Gasteiger partial charge is 0.368 e. The lowest BCUT2D eigenvalue weighted by molar-refractivity contribution is 0.625. The fraction of sp³-hybridized carbons (Fsp3) is 0. The smallest absolute Gasteiger partial charge is 0.266 e. The maximum atomic E-state index is 12.8. The first-order valence-electron chi connectivity index (χ1n) is 5.12. The average Bonchev–Trinajstić information content (AvgIpc) is 2.85. The molecule has 0 saturated carbocycles. The van der Waals surface area contributed by atoms with E-state index in [1.807, 2.05) is 0 Å². The van der Waals surface area contributed by atoms with Crippen LogP contribution in [0.1, 0.15) is 0 Å². The molecule has 0 spiro atoms. The lowest BCUT2D eigenvalue weighted by Gasteiger charge is -2.05. The summed E-state index contributed by atoms with van der Waals surface area (Å²) in [6.45, 7) is 0. The predicted molar refractivity (Wildman–Crippen MR) is 61.4 cm³/mol. The van der Waals surface area contributed by atoms with Gasteiger partial charge in [0.1, 0.15) is 11.3 Å². The Hall–Kier alpha value is -2.70. The molecule has 0 unspecified atom stereocenters. The van der Waals surface area contributed by atoms with Gasteiger partial charge in [-0.05, 0) is 30.3 Å². The van der Waals surface area contributed by atoms with E-state index in [-0.39, 0.29) is 5.52 Å². The second kappa shape index (κ2) is 3.66. The third-order valence-electron chi connectivity index (χ3n) is 2.55. The number of fused-ring (bicyclic) bond motifs is 1. The van der Waals surface area contributed by atoms with E-state index in [0.717, 1.165) is 9.20 Å². The maximum absolute atomic E-state index is 12.8. The van der Waals surface area contributed by atoms with Crippen LogP contribution in [-0.2, 0) is 0 Å². The molecule has 6 nitrogen and oxygen atoms in total. The van der Waals surface area contributed by atoms with E-state index in [9.17, 15) is 14.0 Å². The Bertz CT molecular complexity index is 829. The molecule has 0 saturated heterocycles. The van der Waals surface area contributed by atoms with Gasteiger partial charge in [-0.25, -0.2) is 13.9 Å². The summed E-state index contributed by atoms with van der Waals surface area (Å²) in [6, 6.07) is 6.62. The van der Waals surface area contributed by atoms with E-state index in [0.29, 0.717) is 5.69 Å². The van der Waals surface area contributed by atoms with Gasteiger partial charge in [-0.3, -0.25) is 9.89 Å². The maximum Gasteiger partial charge on any atom is 0.368 e. The van der Waals surface area contributed by atoms with Gasteiger partial charge >= 0.3 is 5.69 Å². The SMILES string of the molecule is O=c1[nH]n(-c2ccc(F)cc2)c(=O)n2nccc12. The number of nitrogens with zero attached hydrogens (tertiary/aromatic N) is 3. The molecule has 2 heterocycles. The Morgan fingerprint density at radius 2 is 1.83 bits per heavy atom. The van der Waals surface area contributed by atoms with E-state index in [1.165, 1.54) is 36.5 Å². The predicted octanol–water partition coefficient (Wildman–Crippen LogP) is 0.313. The summed E-state index contributed by atoms with van der Waals surface area (Å²) < 4.78 is 14.8. The highest BCUT2D eigenvalue weighted by molar-refractivity contribution is 5.42.